The molecule has 0 aliphatic carbocycles. The number of hydrogen-bond donors (Lipinski definition) is 1. The van der Waals surface area contributed by atoms with Crippen molar-refractivity contribution in [3.05, 3.63) is 41.2 Å². The van der Waals surface area contributed by atoms with Crippen LogP contribution in [0.1, 0.15) is 52.0 Å². The number of amidine groups is 1. The Bertz CT molecular complexity index is 928. The van der Waals surface area contributed by atoms with Crippen LogP contribution in [-0.2, 0) is 14.8 Å². The average Bonchev–Trinajstić information content (AvgIpc) is 2.91. The standard InChI is InChI=1S/C21H28FN3O3S/c1-14(2)4-9-19(26)23-18-10-12-25(13-11-18)21-15(3)20(29(27,28)24-21)16-5-7-17(22)8-6-16/h5-8,14,18H,4,9-13H2,1-3H3,(H,23,26). The minimum atomic E-state index is -3.82. The number of nitrogens with one attached hydrogen (secondary N) is 1. The van der Waals surface area contributed by atoms with Crippen molar-refractivity contribution in [3.8, 4) is 0 Å². The summed E-state index contributed by atoms with van der Waals surface area (Å²) in [6.45, 7) is 7.17. The fourth-order valence-electron chi connectivity index (χ4n) is 3.74. The molecule has 6 nitrogen and oxygen atoms in total. The van der Waals surface area contributed by atoms with Gasteiger partial charge in [-0.15, -0.1) is 4.40 Å². The summed E-state index contributed by atoms with van der Waals surface area (Å²) in [6.07, 6.45) is 2.89. The molecule has 1 N–H and O–H groups in total. The van der Waals surface area contributed by atoms with Crippen LogP contribution in [0.2, 0.25) is 0 Å². The van der Waals surface area contributed by atoms with Crippen molar-refractivity contribution in [1.29, 1.82) is 0 Å². The molecular formula is C21H28FN3O3S. The molecule has 2 heterocycles. The van der Waals surface area contributed by atoms with Gasteiger partial charge >= 0.3 is 0 Å². The average molecular weight is 422 g/mol. The summed E-state index contributed by atoms with van der Waals surface area (Å²) in [4.78, 5) is 14.1. The largest absolute Gasteiger partial charge is 0.356 e. The van der Waals surface area contributed by atoms with E-state index in [1.54, 1.807) is 6.92 Å². The lowest BCUT2D eigenvalue weighted by atomic mass is 10.0. The van der Waals surface area contributed by atoms with Crippen molar-refractivity contribution >= 4 is 26.7 Å². The van der Waals surface area contributed by atoms with Crippen molar-refractivity contribution in [2.75, 3.05) is 13.1 Å². The van der Waals surface area contributed by atoms with Crippen LogP contribution in [0.25, 0.3) is 4.91 Å². The third kappa shape index (κ3) is 5.04. The van der Waals surface area contributed by atoms with Crippen LogP contribution in [-0.4, -0.2) is 44.2 Å². The zero-order chi connectivity index (χ0) is 21.2. The van der Waals surface area contributed by atoms with E-state index in [2.05, 4.69) is 23.6 Å². The van der Waals surface area contributed by atoms with Crippen LogP contribution < -0.4 is 5.32 Å². The Kier molecular flexibility index (Phi) is 6.41. The van der Waals surface area contributed by atoms with E-state index in [-0.39, 0.29) is 16.9 Å². The smallest absolute Gasteiger partial charge is 0.285 e. The Labute approximate surface area is 171 Å². The third-order valence-corrected chi connectivity index (χ3v) is 6.83. The zero-order valence-electron chi connectivity index (χ0n) is 17.1. The van der Waals surface area contributed by atoms with Crippen molar-refractivity contribution < 1.29 is 17.6 Å². The predicted octanol–water partition coefficient (Wildman–Crippen LogP) is 3.32. The summed E-state index contributed by atoms with van der Waals surface area (Å²) >= 11 is 0. The molecule has 0 atom stereocenters. The van der Waals surface area contributed by atoms with E-state index >= 15 is 0 Å². The van der Waals surface area contributed by atoms with Gasteiger partial charge in [-0.3, -0.25) is 4.79 Å². The zero-order valence-corrected chi connectivity index (χ0v) is 17.9. The number of piperidine rings is 1. The van der Waals surface area contributed by atoms with Crippen molar-refractivity contribution in [2.24, 2.45) is 10.3 Å². The first-order valence-electron chi connectivity index (χ1n) is 10.0. The van der Waals surface area contributed by atoms with Crippen LogP contribution in [0.5, 0.6) is 0 Å². The van der Waals surface area contributed by atoms with E-state index in [0.717, 1.165) is 19.3 Å². The second-order valence-corrected chi connectivity index (χ2v) is 9.65. The minimum absolute atomic E-state index is 0.0765. The summed E-state index contributed by atoms with van der Waals surface area (Å²) in [5.41, 5.74) is 1.02. The van der Waals surface area contributed by atoms with Crippen LogP contribution in [0.15, 0.2) is 34.2 Å². The maximum absolute atomic E-state index is 13.2. The summed E-state index contributed by atoms with van der Waals surface area (Å²) in [5, 5.41) is 3.08. The molecule has 0 radical (unpaired) electrons. The first kappa shape index (κ1) is 21.5. The van der Waals surface area contributed by atoms with Gasteiger partial charge in [-0.2, -0.15) is 8.42 Å². The van der Waals surface area contributed by atoms with Gasteiger partial charge in [-0.25, -0.2) is 4.39 Å². The van der Waals surface area contributed by atoms with Gasteiger partial charge in [-0.05, 0) is 49.8 Å². The number of nitrogens with zero attached hydrogens (tertiary/aromatic N) is 2. The van der Waals surface area contributed by atoms with Gasteiger partial charge in [0.2, 0.25) is 5.91 Å². The highest BCUT2D eigenvalue weighted by Gasteiger charge is 2.35. The molecule has 0 saturated carbocycles. The van der Waals surface area contributed by atoms with Gasteiger partial charge in [0.05, 0.1) is 0 Å². The molecule has 158 valence electrons. The highest BCUT2D eigenvalue weighted by Crippen LogP contribution is 2.34. The fourth-order valence-corrected chi connectivity index (χ4v) is 5.22. The molecule has 0 spiro atoms. The Morgan fingerprint density at radius 1 is 1.24 bits per heavy atom. The molecular weight excluding hydrogens is 393 g/mol. The number of benzene rings is 1. The third-order valence-electron chi connectivity index (χ3n) is 5.36. The van der Waals surface area contributed by atoms with E-state index in [4.69, 9.17) is 0 Å². The lowest BCUT2D eigenvalue weighted by Gasteiger charge is -2.33. The lowest BCUT2D eigenvalue weighted by molar-refractivity contribution is -0.122. The highest BCUT2D eigenvalue weighted by molar-refractivity contribution is 8.00. The number of amides is 1. The maximum Gasteiger partial charge on any atom is 0.285 e. The van der Waals surface area contributed by atoms with Crippen LogP contribution >= 0.6 is 0 Å². The predicted molar refractivity (Wildman–Crippen MR) is 112 cm³/mol. The molecule has 1 aromatic rings. The van der Waals surface area contributed by atoms with Crippen LogP contribution in [0.4, 0.5) is 4.39 Å². The molecule has 1 aromatic carbocycles. The summed E-state index contributed by atoms with van der Waals surface area (Å²) in [7, 11) is -3.82. The number of rotatable bonds is 5. The maximum atomic E-state index is 13.2. The van der Waals surface area contributed by atoms with E-state index in [1.165, 1.54) is 24.3 Å². The molecule has 29 heavy (non-hydrogen) atoms. The first-order chi connectivity index (χ1) is 13.7. The summed E-state index contributed by atoms with van der Waals surface area (Å²) in [6, 6.07) is 5.52. The van der Waals surface area contributed by atoms with Gasteiger partial charge in [0, 0.05) is 31.1 Å². The minimum Gasteiger partial charge on any atom is -0.356 e. The van der Waals surface area contributed by atoms with E-state index < -0.39 is 15.8 Å². The number of sulfonamides is 1. The van der Waals surface area contributed by atoms with Crippen LogP contribution in [0.3, 0.4) is 0 Å². The summed E-state index contributed by atoms with van der Waals surface area (Å²) in [5.74, 6) is 0.609. The van der Waals surface area contributed by atoms with Crippen molar-refractivity contribution in [3.63, 3.8) is 0 Å². The molecule has 3 rings (SSSR count). The van der Waals surface area contributed by atoms with Gasteiger partial charge in [0.1, 0.15) is 16.6 Å². The van der Waals surface area contributed by atoms with Crippen LogP contribution in [0, 0.1) is 11.7 Å². The fraction of sp³-hybridized carbons (Fsp3) is 0.524. The normalized spacial score (nSPS) is 19.6. The number of carbonyl (C=O) groups is 1. The molecule has 0 aromatic heterocycles. The van der Waals surface area contributed by atoms with Gasteiger partial charge in [0.25, 0.3) is 10.0 Å². The monoisotopic (exact) mass is 421 g/mol. The molecule has 2 aliphatic rings. The highest BCUT2D eigenvalue weighted by atomic mass is 32.2. The molecule has 0 bridgehead atoms. The number of hydrogen-bond acceptors (Lipinski definition) is 4. The Morgan fingerprint density at radius 3 is 2.45 bits per heavy atom. The van der Waals surface area contributed by atoms with Crippen molar-refractivity contribution in [2.45, 2.75) is 52.5 Å². The van der Waals surface area contributed by atoms with E-state index in [1.807, 2.05) is 4.90 Å². The Balaban J connectivity index is 1.66. The summed E-state index contributed by atoms with van der Waals surface area (Å²) < 4.78 is 42.5. The molecule has 1 amide bonds. The molecule has 1 saturated heterocycles. The second kappa shape index (κ2) is 8.65. The molecule has 1 fully saturated rings. The van der Waals surface area contributed by atoms with Gasteiger partial charge in [-0.1, -0.05) is 26.0 Å². The quantitative estimate of drug-likeness (QED) is 0.791. The first-order valence-corrected chi connectivity index (χ1v) is 11.5. The molecule has 0 unspecified atom stereocenters. The number of halogens is 1. The Hall–Kier alpha value is -2.22. The van der Waals surface area contributed by atoms with Gasteiger partial charge < -0.3 is 10.2 Å². The van der Waals surface area contributed by atoms with E-state index in [0.29, 0.717) is 42.4 Å². The molecule has 2 aliphatic heterocycles. The van der Waals surface area contributed by atoms with Gasteiger partial charge in [0.15, 0.2) is 0 Å². The van der Waals surface area contributed by atoms with E-state index in [9.17, 15) is 17.6 Å². The Morgan fingerprint density at radius 2 is 1.86 bits per heavy atom. The number of likely N-dealkylation sites (tertiary alicyclic amines) is 1. The van der Waals surface area contributed by atoms with Crippen molar-refractivity contribution in [1.82, 2.24) is 10.2 Å². The molecule has 8 heteroatoms. The topological polar surface area (TPSA) is 78.8 Å². The second-order valence-electron chi connectivity index (χ2n) is 8.11. The lowest BCUT2D eigenvalue weighted by Crippen LogP contribution is -2.46. The number of carbonyl (C=O) groups excluding carboxylic acids is 1. The SMILES string of the molecule is CC1=C(c2ccc(F)cc2)S(=O)(=O)N=C1N1CCC(NC(=O)CCC(C)C)CC1.